The number of hydrogen-bond acceptors (Lipinski definition) is 2. The van der Waals surface area contributed by atoms with Crippen LogP contribution in [0.25, 0.3) is 0 Å². The summed E-state index contributed by atoms with van der Waals surface area (Å²) >= 11 is 5.32. The summed E-state index contributed by atoms with van der Waals surface area (Å²) in [5.74, 6) is 1.07. The summed E-state index contributed by atoms with van der Waals surface area (Å²) < 4.78 is 1.11. The molecule has 0 aromatic heterocycles. The lowest BCUT2D eigenvalue weighted by Gasteiger charge is -2.06. The Hall–Kier alpha value is -0.930. The molecular weight excluding hydrogens is 306 g/mol. The van der Waals surface area contributed by atoms with E-state index in [9.17, 15) is 0 Å². The van der Waals surface area contributed by atoms with Crippen LogP contribution < -0.4 is 5.32 Å². The van der Waals surface area contributed by atoms with E-state index in [1.165, 1.54) is 16.1 Å². The highest BCUT2D eigenvalue weighted by Crippen LogP contribution is 2.19. The van der Waals surface area contributed by atoms with Gasteiger partial charge in [-0.05, 0) is 43.3 Å². The number of anilines is 1. The van der Waals surface area contributed by atoms with Gasteiger partial charge in [0.15, 0.2) is 0 Å². The second kappa shape index (κ2) is 6.86. The molecule has 0 fully saturated rings. The Bertz CT molecular complexity index is 496. The zero-order valence-electron chi connectivity index (χ0n) is 10.3. The first-order valence-corrected chi connectivity index (χ1v) is 7.71. The molecular formula is C15H16BrNS. The monoisotopic (exact) mass is 321 g/mol. The van der Waals surface area contributed by atoms with Crippen molar-refractivity contribution in [3.05, 3.63) is 58.6 Å². The van der Waals surface area contributed by atoms with Gasteiger partial charge in [0, 0.05) is 27.4 Å². The number of rotatable bonds is 5. The largest absolute Gasteiger partial charge is 0.384 e. The van der Waals surface area contributed by atoms with Crippen LogP contribution in [0.2, 0.25) is 0 Å². The van der Waals surface area contributed by atoms with E-state index in [1.54, 1.807) is 0 Å². The van der Waals surface area contributed by atoms with E-state index in [4.69, 9.17) is 0 Å². The van der Waals surface area contributed by atoms with E-state index in [2.05, 4.69) is 76.7 Å². The third kappa shape index (κ3) is 4.39. The highest BCUT2D eigenvalue weighted by atomic mass is 79.9. The predicted molar refractivity (Wildman–Crippen MR) is 84.5 cm³/mol. The maximum Gasteiger partial charge on any atom is 0.0341 e. The van der Waals surface area contributed by atoms with Crippen molar-refractivity contribution in [3.63, 3.8) is 0 Å². The summed E-state index contributed by atoms with van der Waals surface area (Å²) in [6.45, 7) is 3.10. The Labute approximate surface area is 121 Å². The second-order valence-corrected chi connectivity index (χ2v) is 6.18. The van der Waals surface area contributed by atoms with Crippen LogP contribution in [0.5, 0.6) is 0 Å². The molecule has 0 saturated heterocycles. The first kappa shape index (κ1) is 13.5. The number of nitrogens with one attached hydrogen (secondary N) is 1. The number of halogens is 1. The van der Waals surface area contributed by atoms with Crippen molar-refractivity contribution >= 4 is 33.4 Å². The minimum absolute atomic E-state index is 0.972. The lowest BCUT2D eigenvalue weighted by Crippen LogP contribution is -2.03. The molecule has 94 valence electrons. The van der Waals surface area contributed by atoms with Gasteiger partial charge in [0.05, 0.1) is 0 Å². The normalized spacial score (nSPS) is 10.3. The summed E-state index contributed by atoms with van der Waals surface area (Å²) in [7, 11) is 0. The molecule has 2 aromatic carbocycles. The summed E-state index contributed by atoms with van der Waals surface area (Å²) in [6, 6.07) is 16.9. The van der Waals surface area contributed by atoms with Crippen LogP contribution >= 0.6 is 27.7 Å². The molecule has 0 aliphatic heterocycles. The fourth-order valence-corrected chi connectivity index (χ4v) is 2.79. The summed E-state index contributed by atoms with van der Waals surface area (Å²) in [5, 5.41) is 3.42. The molecule has 0 bridgehead atoms. The molecule has 0 aliphatic rings. The highest BCUT2D eigenvalue weighted by molar-refractivity contribution is 9.10. The van der Waals surface area contributed by atoms with Gasteiger partial charge >= 0.3 is 0 Å². The van der Waals surface area contributed by atoms with E-state index in [0.717, 1.165) is 16.8 Å². The maximum absolute atomic E-state index is 3.43. The fraction of sp³-hybridized carbons (Fsp3) is 0.200. The molecule has 0 saturated carbocycles. The van der Waals surface area contributed by atoms with Crippen LogP contribution in [0.3, 0.4) is 0 Å². The number of aryl methyl sites for hydroxylation is 1. The van der Waals surface area contributed by atoms with Crippen LogP contribution in [0, 0.1) is 6.92 Å². The average molecular weight is 322 g/mol. The Morgan fingerprint density at radius 3 is 2.61 bits per heavy atom. The third-order valence-electron chi connectivity index (χ3n) is 2.53. The second-order valence-electron chi connectivity index (χ2n) is 4.10. The predicted octanol–water partition coefficient (Wildman–Crippen LogP) is 4.96. The standard InChI is InChI=1S/C15H16BrNS/c1-12-3-2-4-15(11-12)18-10-9-17-14-7-5-13(16)6-8-14/h2-8,11,17H,9-10H2,1H3. The lowest BCUT2D eigenvalue weighted by molar-refractivity contribution is 1.22. The van der Waals surface area contributed by atoms with Gasteiger partial charge in [0.1, 0.15) is 0 Å². The minimum Gasteiger partial charge on any atom is -0.384 e. The van der Waals surface area contributed by atoms with Crippen LogP contribution in [-0.4, -0.2) is 12.3 Å². The molecule has 18 heavy (non-hydrogen) atoms. The first-order chi connectivity index (χ1) is 8.74. The van der Waals surface area contributed by atoms with Crippen molar-refractivity contribution in [1.82, 2.24) is 0 Å². The van der Waals surface area contributed by atoms with Crippen molar-refractivity contribution in [1.29, 1.82) is 0 Å². The van der Waals surface area contributed by atoms with Gasteiger partial charge in [0.2, 0.25) is 0 Å². The minimum atomic E-state index is 0.972. The van der Waals surface area contributed by atoms with Crippen LogP contribution in [0.4, 0.5) is 5.69 Å². The van der Waals surface area contributed by atoms with Crippen LogP contribution in [0.15, 0.2) is 57.9 Å². The number of benzene rings is 2. The molecule has 0 atom stereocenters. The van der Waals surface area contributed by atoms with Crippen molar-refractivity contribution in [2.24, 2.45) is 0 Å². The quantitative estimate of drug-likeness (QED) is 0.617. The van der Waals surface area contributed by atoms with E-state index in [-0.39, 0.29) is 0 Å². The molecule has 3 heteroatoms. The molecule has 0 aliphatic carbocycles. The van der Waals surface area contributed by atoms with Crippen LogP contribution in [0.1, 0.15) is 5.56 Å². The summed E-state index contributed by atoms with van der Waals surface area (Å²) in [6.07, 6.45) is 0. The van der Waals surface area contributed by atoms with Gasteiger partial charge in [0.25, 0.3) is 0 Å². The highest BCUT2D eigenvalue weighted by Gasteiger charge is 1.95. The Morgan fingerprint density at radius 2 is 1.89 bits per heavy atom. The zero-order chi connectivity index (χ0) is 12.8. The first-order valence-electron chi connectivity index (χ1n) is 5.93. The van der Waals surface area contributed by atoms with Gasteiger partial charge in [-0.1, -0.05) is 33.6 Å². The van der Waals surface area contributed by atoms with E-state index >= 15 is 0 Å². The Morgan fingerprint density at radius 1 is 1.11 bits per heavy atom. The zero-order valence-corrected chi connectivity index (χ0v) is 12.7. The van der Waals surface area contributed by atoms with Gasteiger partial charge < -0.3 is 5.32 Å². The van der Waals surface area contributed by atoms with Crippen molar-refractivity contribution in [2.75, 3.05) is 17.6 Å². The van der Waals surface area contributed by atoms with Crippen LogP contribution in [-0.2, 0) is 0 Å². The van der Waals surface area contributed by atoms with Crippen molar-refractivity contribution < 1.29 is 0 Å². The molecule has 0 radical (unpaired) electrons. The van der Waals surface area contributed by atoms with E-state index in [1.807, 2.05) is 11.8 Å². The van der Waals surface area contributed by atoms with Gasteiger partial charge in [-0.15, -0.1) is 11.8 Å². The molecule has 0 heterocycles. The van der Waals surface area contributed by atoms with Gasteiger partial charge in [-0.2, -0.15) is 0 Å². The summed E-state index contributed by atoms with van der Waals surface area (Å²) in [5.41, 5.74) is 2.49. The number of thioether (sulfide) groups is 1. The maximum atomic E-state index is 3.43. The van der Waals surface area contributed by atoms with Gasteiger partial charge in [-0.25, -0.2) is 0 Å². The Balaban J connectivity index is 1.74. The molecule has 0 spiro atoms. The van der Waals surface area contributed by atoms with Gasteiger partial charge in [-0.3, -0.25) is 0 Å². The SMILES string of the molecule is Cc1cccc(SCCNc2ccc(Br)cc2)c1. The third-order valence-corrected chi connectivity index (χ3v) is 4.06. The Kier molecular flexibility index (Phi) is 5.14. The summed E-state index contributed by atoms with van der Waals surface area (Å²) in [4.78, 5) is 1.34. The molecule has 1 N–H and O–H groups in total. The lowest BCUT2D eigenvalue weighted by atomic mass is 10.2. The molecule has 2 aromatic rings. The molecule has 0 amide bonds. The smallest absolute Gasteiger partial charge is 0.0341 e. The molecule has 2 rings (SSSR count). The fourth-order valence-electron chi connectivity index (χ4n) is 1.64. The topological polar surface area (TPSA) is 12.0 Å². The molecule has 0 unspecified atom stereocenters. The average Bonchev–Trinajstić information content (AvgIpc) is 2.37. The number of hydrogen-bond donors (Lipinski definition) is 1. The van der Waals surface area contributed by atoms with E-state index < -0.39 is 0 Å². The van der Waals surface area contributed by atoms with Crippen molar-refractivity contribution in [3.8, 4) is 0 Å². The molecule has 1 nitrogen and oxygen atoms in total. The van der Waals surface area contributed by atoms with E-state index in [0.29, 0.717) is 0 Å². The van der Waals surface area contributed by atoms with Crippen molar-refractivity contribution in [2.45, 2.75) is 11.8 Å².